The van der Waals surface area contributed by atoms with Gasteiger partial charge in [0.15, 0.2) is 0 Å². The lowest BCUT2D eigenvalue weighted by molar-refractivity contribution is 0.0954. The van der Waals surface area contributed by atoms with Gasteiger partial charge in [-0.3, -0.25) is 4.79 Å². The zero-order valence-corrected chi connectivity index (χ0v) is 12.2. The third-order valence-electron chi connectivity index (χ3n) is 3.05. The Morgan fingerprint density at radius 1 is 1.14 bits per heavy atom. The van der Waals surface area contributed by atoms with Crippen molar-refractivity contribution in [1.29, 1.82) is 0 Å². The maximum absolute atomic E-state index is 12.1. The number of primary sulfonamides is 1. The van der Waals surface area contributed by atoms with Gasteiger partial charge in [-0.05, 0) is 29.3 Å². The molecule has 6 nitrogen and oxygen atoms in total. The van der Waals surface area contributed by atoms with Crippen LogP contribution >= 0.6 is 0 Å². The Kier molecular flexibility index (Phi) is 4.44. The Balaban J connectivity index is 2.07. The summed E-state index contributed by atoms with van der Waals surface area (Å²) in [6.07, 6.45) is 0.262. The average molecular weight is 307 g/mol. The van der Waals surface area contributed by atoms with Gasteiger partial charge in [-0.15, -0.1) is 0 Å². The number of amides is 1. The number of hydrogen-bond acceptors (Lipinski definition) is 4. The van der Waals surface area contributed by atoms with Crippen LogP contribution in [0.25, 0.3) is 10.8 Å². The molecule has 0 unspecified atom stereocenters. The molecule has 0 aliphatic rings. The van der Waals surface area contributed by atoms with Crippen molar-refractivity contribution in [1.82, 2.24) is 5.32 Å². The fourth-order valence-corrected chi connectivity index (χ4v) is 2.57. The number of nitrogen functional groups attached to an aromatic ring is 1. The smallest absolute Gasteiger partial charge is 0.253 e. The molecule has 2 aromatic carbocycles. The predicted molar refractivity (Wildman–Crippen MR) is 83.3 cm³/mol. The van der Waals surface area contributed by atoms with Crippen LogP contribution in [-0.4, -0.2) is 26.6 Å². The highest BCUT2D eigenvalue weighted by Gasteiger charge is 2.11. The van der Waals surface area contributed by atoms with E-state index in [1.54, 1.807) is 12.1 Å². The molecule has 1 amide bonds. The summed E-state index contributed by atoms with van der Waals surface area (Å²) in [5.74, 6) is -0.492. The number of sulfonamides is 1. The van der Waals surface area contributed by atoms with Gasteiger partial charge in [0, 0.05) is 12.2 Å². The van der Waals surface area contributed by atoms with E-state index in [1.807, 2.05) is 24.3 Å². The Hall–Kier alpha value is -2.12. The molecule has 0 radical (unpaired) electrons. The van der Waals surface area contributed by atoms with Crippen LogP contribution in [0, 0.1) is 0 Å². The van der Waals surface area contributed by atoms with Crippen molar-refractivity contribution in [3.63, 3.8) is 0 Å². The number of nitrogens with one attached hydrogen (secondary N) is 1. The third kappa shape index (κ3) is 4.17. The van der Waals surface area contributed by atoms with Crippen LogP contribution in [0.5, 0.6) is 0 Å². The fourth-order valence-electron chi connectivity index (χ4n) is 2.03. The van der Waals surface area contributed by atoms with Crippen molar-refractivity contribution in [2.75, 3.05) is 18.0 Å². The van der Waals surface area contributed by atoms with E-state index in [0.29, 0.717) is 11.3 Å². The lowest BCUT2D eigenvalue weighted by Gasteiger charge is -2.09. The van der Waals surface area contributed by atoms with Crippen molar-refractivity contribution in [3.8, 4) is 0 Å². The highest BCUT2D eigenvalue weighted by Crippen LogP contribution is 2.21. The number of nitrogens with two attached hydrogens (primary N) is 2. The van der Waals surface area contributed by atoms with E-state index >= 15 is 0 Å². The summed E-state index contributed by atoms with van der Waals surface area (Å²) in [5.41, 5.74) is 6.65. The maximum Gasteiger partial charge on any atom is 0.253 e. The van der Waals surface area contributed by atoms with Crippen molar-refractivity contribution in [3.05, 3.63) is 42.0 Å². The summed E-state index contributed by atoms with van der Waals surface area (Å²) in [4.78, 5) is 12.1. The summed E-state index contributed by atoms with van der Waals surface area (Å²) in [7, 11) is -3.50. The molecule has 0 aliphatic heterocycles. The zero-order valence-electron chi connectivity index (χ0n) is 11.4. The molecule has 21 heavy (non-hydrogen) atoms. The summed E-state index contributed by atoms with van der Waals surface area (Å²) in [6, 6.07) is 11.1. The highest BCUT2D eigenvalue weighted by molar-refractivity contribution is 7.89. The van der Waals surface area contributed by atoms with Crippen LogP contribution in [-0.2, 0) is 10.0 Å². The van der Waals surface area contributed by atoms with Gasteiger partial charge in [0.25, 0.3) is 5.91 Å². The van der Waals surface area contributed by atoms with Crippen LogP contribution in [0.3, 0.4) is 0 Å². The lowest BCUT2D eigenvalue weighted by Crippen LogP contribution is -2.27. The number of carbonyl (C=O) groups is 1. The molecule has 0 saturated carbocycles. The minimum absolute atomic E-state index is 0.166. The van der Waals surface area contributed by atoms with Gasteiger partial charge >= 0.3 is 0 Å². The van der Waals surface area contributed by atoms with Gasteiger partial charge < -0.3 is 11.1 Å². The van der Waals surface area contributed by atoms with Gasteiger partial charge in [-0.25, -0.2) is 13.6 Å². The Morgan fingerprint density at radius 3 is 2.38 bits per heavy atom. The average Bonchev–Trinajstić information content (AvgIpc) is 2.41. The van der Waals surface area contributed by atoms with Gasteiger partial charge in [0.05, 0.1) is 11.3 Å². The zero-order chi connectivity index (χ0) is 15.5. The first-order chi connectivity index (χ1) is 9.87. The molecule has 0 aliphatic carbocycles. The number of fused-ring (bicyclic) bond motifs is 1. The van der Waals surface area contributed by atoms with E-state index in [-0.39, 0.29) is 24.6 Å². The number of carbonyl (C=O) groups excluding carboxylic acids is 1. The second-order valence-electron chi connectivity index (χ2n) is 4.76. The number of hydrogen-bond donors (Lipinski definition) is 3. The van der Waals surface area contributed by atoms with Crippen LogP contribution < -0.4 is 16.2 Å². The molecular formula is C14H17N3O3S. The van der Waals surface area contributed by atoms with E-state index < -0.39 is 10.0 Å². The monoisotopic (exact) mass is 307 g/mol. The van der Waals surface area contributed by atoms with E-state index in [2.05, 4.69) is 5.32 Å². The van der Waals surface area contributed by atoms with E-state index in [0.717, 1.165) is 10.8 Å². The van der Waals surface area contributed by atoms with E-state index in [1.165, 1.54) is 0 Å². The Labute approximate surface area is 123 Å². The predicted octanol–water partition coefficient (Wildman–Crippen LogP) is 0.830. The Morgan fingerprint density at radius 2 is 1.76 bits per heavy atom. The van der Waals surface area contributed by atoms with Crippen LogP contribution in [0.2, 0.25) is 0 Å². The maximum atomic E-state index is 12.1. The standard InChI is InChI=1S/C14H17N3O3S/c15-13-9-11-5-2-1-4-10(11)8-12(13)14(18)17-6-3-7-21(16,19)20/h1-2,4-5,8-9H,3,6-7,15H2,(H,17,18)(H2,16,19,20). The number of anilines is 1. The normalized spacial score (nSPS) is 11.5. The van der Waals surface area contributed by atoms with Crippen molar-refractivity contribution >= 4 is 32.4 Å². The highest BCUT2D eigenvalue weighted by atomic mass is 32.2. The molecule has 0 aromatic heterocycles. The van der Waals surface area contributed by atoms with E-state index in [4.69, 9.17) is 10.9 Å². The van der Waals surface area contributed by atoms with Crippen molar-refractivity contribution in [2.24, 2.45) is 5.14 Å². The van der Waals surface area contributed by atoms with Crippen molar-refractivity contribution < 1.29 is 13.2 Å². The molecule has 0 spiro atoms. The molecule has 2 aromatic rings. The molecule has 2 rings (SSSR count). The quantitative estimate of drug-likeness (QED) is 0.560. The third-order valence-corrected chi connectivity index (χ3v) is 3.91. The van der Waals surface area contributed by atoms with E-state index in [9.17, 15) is 13.2 Å². The second-order valence-corrected chi connectivity index (χ2v) is 6.50. The summed E-state index contributed by atoms with van der Waals surface area (Å²) < 4.78 is 21.6. The van der Waals surface area contributed by atoms with Crippen LogP contribution in [0.1, 0.15) is 16.8 Å². The summed E-state index contributed by atoms with van der Waals surface area (Å²) in [5, 5.41) is 9.40. The first-order valence-corrected chi connectivity index (χ1v) is 8.15. The second kappa shape index (κ2) is 6.11. The first kappa shape index (κ1) is 15.3. The first-order valence-electron chi connectivity index (χ1n) is 6.44. The molecule has 0 atom stereocenters. The molecule has 0 fully saturated rings. The van der Waals surface area contributed by atoms with Gasteiger partial charge in [0.2, 0.25) is 10.0 Å². The number of benzene rings is 2. The van der Waals surface area contributed by atoms with Gasteiger partial charge in [-0.1, -0.05) is 24.3 Å². The molecule has 0 saturated heterocycles. The molecule has 112 valence electrons. The molecule has 7 heteroatoms. The molecular weight excluding hydrogens is 290 g/mol. The van der Waals surface area contributed by atoms with Crippen molar-refractivity contribution in [2.45, 2.75) is 6.42 Å². The van der Waals surface area contributed by atoms with Gasteiger partial charge in [0.1, 0.15) is 0 Å². The minimum atomic E-state index is -3.50. The molecule has 0 heterocycles. The minimum Gasteiger partial charge on any atom is -0.398 e. The lowest BCUT2D eigenvalue weighted by atomic mass is 10.0. The summed E-state index contributed by atoms with van der Waals surface area (Å²) >= 11 is 0. The largest absolute Gasteiger partial charge is 0.398 e. The summed E-state index contributed by atoms with van der Waals surface area (Å²) in [6.45, 7) is 0.224. The van der Waals surface area contributed by atoms with Crippen LogP contribution in [0.4, 0.5) is 5.69 Å². The SMILES string of the molecule is Nc1cc2ccccc2cc1C(=O)NCCCS(N)(=O)=O. The number of rotatable bonds is 5. The fraction of sp³-hybridized carbons (Fsp3) is 0.214. The van der Waals surface area contributed by atoms with Crippen LogP contribution in [0.15, 0.2) is 36.4 Å². The Bertz CT molecular complexity index is 772. The van der Waals surface area contributed by atoms with Gasteiger partial charge in [-0.2, -0.15) is 0 Å². The molecule has 0 bridgehead atoms. The topological polar surface area (TPSA) is 115 Å². The molecule has 5 N–H and O–H groups in total.